The van der Waals surface area contributed by atoms with Crippen molar-refractivity contribution in [3.63, 3.8) is 0 Å². The first kappa shape index (κ1) is 23.2. The fourth-order valence-corrected chi connectivity index (χ4v) is 3.26. The van der Waals surface area contributed by atoms with E-state index in [1.54, 1.807) is 20.2 Å². The maximum absolute atomic E-state index is 11.8. The van der Waals surface area contributed by atoms with Crippen molar-refractivity contribution in [2.75, 3.05) is 40.8 Å². The fourth-order valence-electron chi connectivity index (χ4n) is 3.26. The molecule has 150 valence electrons. The highest BCUT2D eigenvalue weighted by Gasteiger charge is 2.36. The van der Waals surface area contributed by atoms with E-state index in [0.717, 1.165) is 24.5 Å². The fraction of sp³-hybridized carbons (Fsp3) is 0.526. The zero-order valence-corrected chi connectivity index (χ0v) is 18.7. The largest absolute Gasteiger partial charge is 0.469 e. The highest BCUT2D eigenvalue weighted by molar-refractivity contribution is 14.0. The van der Waals surface area contributed by atoms with Crippen molar-refractivity contribution in [3.05, 3.63) is 35.4 Å². The van der Waals surface area contributed by atoms with Gasteiger partial charge in [-0.15, -0.1) is 24.0 Å². The summed E-state index contributed by atoms with van der Waals surface area (Å²) in [5.74, 6) is 0.635. The molecule has 2 N–H and O–H groups in total. The van der Waals surface area contributed by atoms with Crippen molar-refractivity contribution in [1.82, 2.24) is 15.5 Å². The molecule has 0 aliphatic carbocycles. The maximum Gasteiger partial charge on any atom is 0.310 e. The number of likely N-dealkylation sites (tertiary alicyclic amines) is 1. The average molecular weight is 488 g/mol. The molecule has 7 nitrogen and oxygen atoms in total. The number of carbonyl (C=O) groups excluding carboxylic acids is 2. The van der Waals surface area contributed by atoms with Crippen molar-refractivity contribution in [3.8, 4) is 0 Å². The van der Waals surface area contributed by atoms with Crippen LogP contribution in [0.1, 0.15) is 22.8 Å². The van der Waals surface area contributed by atoms with Gasteiger partial charge in [-0.2, -0.15) is 0 Å². The van der Waals surface area contributed by atoms with Crippen molar-refractivity contribution in [2.45, 2.75) is 13.3 Å². The monoisotopic (exact) mass is 488 g/mol. The number of benzene rings is 1. The number of nitrogens with one attached hydrogen (secondary N) is 2. The van der Waals surface area contributed by atoms with Gasteiger partial charge in [-0.3, -0.25) is 14.6 Å². The number of halogens is 1. The summed E-state index contributed by atoms with van der Waals surface area (Å²) in [5, 5.41) is 5.98. The summed E-state index contributed by atoms with van der Waals surface area (Å²) < 4.78 is 4.89. The second kappa shape index (κ2) is 11.1. The SMILES string of the molecule is CN=C(NCCc1cccc(C(=O)NC)c1)N1CC(C)C(C(=O)OC)C1.I. The molecule has 1 fully saturated rings. The summed E-state index contributed by atoms with van der Waals surface area (Å²) in [7, 11) is 4.79. The van der Waals surface area contributed by atoms with E-state index in [1.807, 2.05) is 18.2 Å². The molecular formula is C19H29IN4O3. The molecule has 0 bridgehead atoms. The lowest BCUT2D eigenvalue weighted by atomic mass is 9.99. The van der Waals surface area contributed by atoms with Crippen LogP contribution in [0.4, 0.5) is 0 Å². The quantitative estimate of drug-likeness (QED) is 0.284. The van der Waals surface area contributed by atoms with Gasteiger partial charge in [0.15, 0.2) is 5.96 Å². The van der Waals surface area contributed by atoms with Gasteiger partial charge >= 0.3 is 5.97 Å². The molecule has 1 amide bonds. The normalized spacial score (nSPS) is 19.3. The Bertz CT molecular complexity index is 681. The first-order chi connectivity index (χ1) is 12.5. The van der Waals surface area contributed by atoms with Crippen LogP contribution in [0.3, 0.4) is 0 Å². The van der Waals surface area contributed by atoms with Crippen molar-refractivity contribution in [2.24, 2.45) is 16.8 Å². The van der Waals surface area contributed by atoms with Crippen LogP contribution >= 0.6 is 24.0 Å². The Morgan fingerprint density at radius 1 is 1.33 bits per heavy atom. The van der Waals surface area contributed by atoms with E-state index < -0.39 is 0 Å². The number of amides is 1. The molecule has 2 rings (SSSR count). The molecule has 2 atom stereocenters. The Balaban J connectivity index is 0.00000364. The molecular weight excluding hydrogens is 459 g/mol. The van der Waals surface area contributed by atoms with Crippen molar-refractivity contribution >= 4 is 41.8 Å². The Kier molecular flexibility index (Phi) is 9.54. The molecule has 1 aromatic carbocycles. The van der Waals surface area contributed by atoms with Crippen LogP contribution in [0, 0.1) is 11.8 Å². The van der Waals surface area contributed by atoms with Gasteiger partial charge in [0.2, 0.25) is 0 Å². The number of hydrogen-bond donors (Lipinski definition) is 2. The number of aliphatic imine (C=N–C) groups is 1. The van der Waals surface area contributed by atoms with Gasteiger partial charge in [-0.25, -0.2) is 0 Å². The average Bonchev–Trinajstić information content (AvgIpc) is 3.05. The van der Waals surface area contributed by atoms with Gasteiger partial charge in [0.1, 0.15) is 0 Å². The third-order valence-electron chi connectivity index (χ3n) is 4.74. The lowest BCUT2D eigenvalue weighted by Gasteiger charge is -2.21. The summed E-state index contributed by atoms with van der Waals surface area (Å²) in [6.45, 7) is 4.13. The van der Waals surface area contributed by atoms with Crippen LogP contribution < -0.4 is 10.6 Å². The number of ether oxygens (including phenoxy) is 1. The topological polar surface area (TPSA) is 83.0 Å². The minimum Gasteiger partial charge on any atom is -0.469 e. The van der Waals surface area contributed by atoms with Crippen LogP contribution in [0.5, 0.6) is 0 Å². The lowest BCUT2D eigenvalue weighted by molar-refractivity contribution is -0.145. The third-order valence-corrected chi connectivity index (χ3v) is 4.74. The number of esters is 1. The number of hydrogen-bond acceptors (Lipinski definition) is 4. The van der Waals surface area contributed by atoms with Gasteiger partial charge in [-0.05, 0) is 30.0 Å². The molecule has 1 saturated heterocycles. The van der Waals surface area contributed by atoms with E-state index >= 15 is 0 Å². The van der Waals surface area contributed by atoms with Crippen molar-refractivity contribution in [1.29, 1.82) is 0 Å². The Hall–Kier alpha value is -1.84. The highest BCUT2D eigenvalue weighted by Crippen LogP contribution is 2.24. The molecule has 0 saturated carbocycles. The number of guanidine groups is 1. The predicted octanol–water partition coefficient (Wildman–Crippen LogP) is 1.52. The first-order valence-electron chi connectivity index (χ1n) is 8.84. The zero-order chi connectivity index (χ0) is 19.1. The molecule has 1 heterocycles. The second-order valence-electron chi connectivity index (χ2n) is 6.52. The molecule has 0 radical (unpaired) electrons. The minimum atomic E-state index is -0.165. The van der Waals surface area contributed by atoms with Gasteiger partial charge in [0.05, 0.1) is 13.0 Å². The summed E-state index contributed by atoms with van der Waals surface area (Å²) in [6, 6.07) is 7.59. The highest BCUT2D eigenvalue weighted by atomic mass is 127. The smallest absolute Gasteiger partial charge is 0.310 e. The lowest BCUT2D eigenvalue weighted by Crippen LogP contribution is -2.41. The molecule has 1 aromatic rings. The zero-order valence-electron chi connectivity index (χ0n) is 16.3. The number of methoxy groups -OCH3 is 1. The summed E-state index contributed by atoms with van der Waals surface area (Å²) in [6.07, 6.45) is 0.772. The summed E-state index contributed by atoms with van der Waals surface area (Å²) in [5.41, 5.74) is 1.74. The number of carbonyl (C=O) groups is 2. The Morgan fingerprint density at radius 3 is 2.70 bits per heavy atom. The van der Waals surface area contributed by atoms with E-state index in [1.165, 1.54) is 7.11 Å². The van der Waals surface area contributed by atoms with E-state index in [9.17, 15) is 9.59 Å². The van der Waals surface area contributed by atoms with Gasteiger partial charge in [0, 0.05) is 39.3 Å². The van der Waals surface area contributed by atoms with Gasteiger partial charge < -0.3 is 20.3 Å². The predicted molar refractivity (Wildman–Crippen MR) is 117 cm³/mol. The molecule has 27 heavy (non-hydrogen) atoms. The Labute approximate surface area is 178 Å². The third kappa shape index (κ3) is 6.08. The van der Waals surface area contributed by atoms with Crippen molar-refractivity contribution < 1.29 is 14.3 Å². The second-order valence-corrected chi connectivity index (χ2v) is 6.52. The summed E-state index contributed by atoms with van der Waals surface area (Å²) in [4.78, 5) is 30.0. The van der Waals surface area contributed by atoms with E-state index in [4.69, 9.17) is 4.74 Å². The van der Waals surface area contributed by atoms with Crippen LogP contribution in [-0.2, 0) is 16.0 Å². The molecule has 8 heteroatoms. The minimum absolute atomic E-state index is 0. The van der Waals surface area contributed by atoms with Crippen LogP contribution in [0.15, 0.2) is 29.3 Å². The summed E-state index contributed by atoms with van der Waals surface area (Å²) >= 11 is 0. The molecule has 0 spiro atoms. The molecule has 1 aliphatic rings. The first-order valence-corrected chi connectivity index (χ1v) is 8.84. The van der Waals surface area contributed by atoms with Crippen LogP contribution in [0.2, 0.25) is 0 Å². The van der Waals surface area contributed by atoms with E-state index in [2.05, 4.69) is 27.4 Å². The molecule has 2 unspecified atom stereocenters. The van der Waals surface area contributed by atoms with Gasteiger partial charge in [-0.1, -0.05) is 19.1 Å². The standard InChI is InChI=1S/C19H28N4O3.HI/c1-13-11-23(12-16(13)18(25)26-4)19(21-3)22-9-8-14-6-5-7-15(10-14)17(24)20-2;/h5-7,10,13,16H,8-9,11-12H2,1-4H3,(H,20,24)(H,21,22);1H. The van der Waals surface area contributed by atoms with Crippen LogP contribution in [0.25, 0.3) is 0 Å². The maximum atomic E-state index is 11.8. The molecule has 1 aliphatic heterocycles. The van der Waals surface area contributed by atoms with E-state index in [0.29, 0.717) is 18.7 Å². The number of rotatable bonds is 5. The molecule has 0 aromatic heterocycles. The number of nitrogens with zero attached hydrogens (tertiary/aromatic N) is 2. The van der Waals surface area contributed by atoms with Crippen LogP contribution in [-0.4, -0.2) is 63.6 Å². The Morgan fingerprint density at radius 2 is 2.07 bits per heavy atom. The van der Waals surface area contributed by atoms with E-state index in [-0.39, 0.29) is 47.7 Å². The van der Waals surface area contributed by atoms with Gasteiger partial charge in [0.25, 0.3) is 5.91 Å².